The fourth-order valence-electron chi connectivity index (χ4n) is 0.640. The van der Waals surface area contributed by atoms with Crippen LogP contribution >= 0.6 is 0 Å². The van der Waals surface area contributed by atoms with Crippen molar-refractivity contribution in [3.05, 3.63) is 24.4 Å². The molecule has 0 N–H and O–H groups in total. The van der Waals surface area contributed by atoms with Gasteiger partial charge in [0, 0.05) is 12.7 Å². The topological polar surface area (TPSA) is 15.6 Å². The zero-order valence-corrected chi connectivity index (χ0v) is 6.67. The minimum absolute atomic E-state index is 0.864. The molecule has 2 heteroatoms. The van der Waals surface area contributed by atoms with Crippen molar-refractivity contribution in [3.63, 3.8) is 0 Å². The van der Waals surface area contributed by atoms with Crippen LogP contribution < -0.4 is 0 Å². The van der Waals surface area contributed by atoms with E-state index >= 15 is 0 Å². The van der Waals surface area contributed by atoms with E-state index < -0.39 is 0 Å². The Morgan fingerprint density at radius 2 is 2.20 bits per heavy atom. The normalized spacial score (nSPS) is 11.7. The van der Waals surface area contributed by atoms with Crippen LogP contribution in [0.3, 0.4) is 0 Å². The van der Waals surface area contributed by atoms with Crippen LogP contribution in [-0.4, -0.2) is 32.3 Å². The van der Waals surface area contributed by atoms with Gasteiger partial charge in [-0.25, -0.2) is 0 Å². The SMILES string of the molecule is C=C/C(=C\N=C)CN(C)C. The van der Waals surface area contributed by atoms with E-state index in [1.165, 1.54) is 0 Å². The lowest BCUT2D eigenvalue weighted by Crippen LogP contribution is -2.13. The van der Waals surface area contributed by atoms with Gasteiger partial charge in [-0.1, -0.05) is 12.7 Å². The fourth-order valence-corrected chi connectivity index (χ4v) is 0.640. The molecule has 0 heterocycles. The molecule has 0 fully saturated rings. The highest BCUT2D eigenvalue weighted by Gasteiger charge is 1.91. The van der Waals surface area contributed by atoms with Crippen LogP contribution in [0.1, 0.15) is 0 Å². The molecule has 0 aromatic heterocycles. The predicted octanol–water partition coefficient (Wildman–Crippen LogP) is 1.32. The van der Waals surface area contributed by atoms with Gasteiger partial charge in [0.05, 0.1) is 0 Å². The summed E-state index contributed by atoms with van der Waals surface area (Å²) in [5.74, 6) is 0. The third kappa shape index (κ3) is 4.04. The van der Waals surface area contributed by atoms with Crippen molar-refractivity contribution < 1.29 is 0 Å². The number of hydrogen-bond donors (Lipinski definition) is 0. The van der Waals surface area contributed by atoms with Gasteiger partial charge in [0.1, 0.15) is 0 Å². The van der Waals surface area contributed by atoms with Crippen LogP contribution in [0.25, 0.3) is 0 Å². The summed E-state index contributed by atoms with van der Waals surface area (Å²) in [4.78, 5) is 5.70. The van der Waals surface area contributed by atoms with E-state index in [1.807, 2.05) is 14.1 Å². The lowest BCUT2D eigenvalue weighted by atomic mass is 10.3. The molecule has 2 nitrogen and oxygen atoms in total. The van der Waals surface area contributed by atoms with Gasteiger partial charge < -0.3 is 4.90 Å². The molecule has 0 aromatic carbocycles. The second kappa shape index (κ2) is 4.94. The van der Waals surface area contributed by atoms with Gasteiger partial charge >= 0.3 is 0 Å². The van der Waals surface area contributed by atoms with Crippen LogP contribution in [0.5, 0.6) is 0 Å². The molecule has 0 saturated carbocycles. The highest BCUT2D eigenvalue weighted by atomic mass is 15.0. The summed E-state index contributed by atoms with van der Waals surface area (Å²) in [7, 11) is 4.00. The van der Waals surface area contributed by atoms with Crippen molar-refractivity contribution in [3.8, 4) is 0 Å². The molecule has 0 aliphatic rings. The molecular weight excluding hydrogens is 124 g/mol. The van der Waals surface area contributed by atoms with Gasteiger partial charge in [0.2, 0.25) is 0 Å². The molecule has 0 saturated heterocycles. The Morgan fingerprint density at radius 1 is 1.60 bits per heavy atom. The van der Waals surface area contributed by atoms with Gasteiger partial charge in [-0.05, 0) is 26.4 Å². The Hall–Kier alpha value is -0.890. The van der Waals surface area contributed by atoms with E-state index in [9.17, 15) is 0 Å². The molecule has 0 atom stereocenters. The van der Waals surface area contributed by atoms with Crippen LogP contribution in [0.2, 0.25) is 0 Å². The molecule has 0 spiro atoms. The van der Waals surface area contributed by atoms with Gasteiger partial charge in [-0.3, -0.25) is 4.99 Å². The quantitative estimate of drug-likeness (QED) is 0.422. The summed E-state index contributed by atoms with van der Waals surface area (Å²) in [5.41, 5.74) is 1.08. The Morgan fingerprint density at radius 3 is 2.50 bits per heavy atom. The number of hydrogen-bond acceptors (Lipinski definition) is 2. The molecule has 0 radical (unpaired) electrons. The van der Waals surface area contributed by atoms with E-state index in [2.05, 4.69) is 23.2 Å². The van der Waals surface area contributed by atoms with Crippen molar-refractivity contribution in [2.75, 3.05) is 20.6 Å². The summed E-state index contributed by atoms with van der Waals surface area (Å²) in [6.45, 7) is 7.88. The molecule has 0 aliphatic carbocycles. The summed E-state index contributed by atoms with van der Waals surface area (Å²) >= 11 is 0. The van der Waals surface area contributed by atoms with Gasteiger partial charge in [-0.2, -0.15) is 0 Å². The predicted molar refractivity (Wildman–Crippen MR) is 46.4 cm³/mol. The first-order chi connectivity index (χ1) is 4.70. The zero-order valence-electron chi connectivity index (χ0n) is 6.67. The van der Waals surface area contributed by atoms with Crippen molar-refractivity contribution in [2.24, 2.45) is 4.99 Å². The number of likely N-dealkylation sites (N-methyl/N-ethyl adjacent to an activating group) is 1. The molecular formula is C8H14N2. The average Bonchev–Trinajstić information content (AvgIpc) is 1.86. The fraction of sp³-hybridized carbons (Fsp3) is 0.375. The molecule has 0 unspecified atom stereocenters. The first kappa shape index (κ1) is 9.11. The number of aliphatic imine (C=N–C) groups is 1. The smallest absolute Gasteiger partial charge is 0.0305 e. The number of rotatable bonds is 4. The Kier molecular flexibility index (Phi) is 4.50. The number of nitrogens with zero attached hydrogens (tertiary/aromatic N) is 2. The summed E-state index contributed by atoms with van der Waals surface area (Å²) in [6.07, 6.45) is 3.50. The van der Waals surface area contributed by atoms with E-state index in [-0.39, 0.29) is 0 Å². The lowest BCUT2D eigenvalue weighted by molar-refractivity contribution is 0.448. The van der Waals surface area contributed by atoms with Gasteiger partial charge in [-0.15, -0.1) is 0 Å². The van der Waals surface area contributed by atoms with Crippen molar-refractivity contribution in [1.82, 2.24) is 4.90 Å². The van der Waals surface area contributed by atoms with Crippen molar-refractivity contribution in [2.45, 2.75) is 0 Å². The van der Waals surface area contributed by atoms with Crippen LogP contribution in [-0.2, 0) is 0 Å². The maximum Gasteiger partial charge on any atom is 0.0305 e. The largest absolute Gasteiger partial charge is 0.305 e. The highest BCUT2D eigenvalue weighted by Crippen LogP contribution is 1.96. The molecule has 0 rings (SSSR count). The van der Waals surface area contributed by atoms with E-state index in [0.29, 0.717) is 0 Å². The molecule has 56 valence electrons. The molecule has 0 aliphatic heterocycles. The van der Waals surface area contributed by atoms with Gasteiger partial charge in [0.25, 0.3) is 0 Å². The summed E-state index contributed by atoms with van der Waals surface area (Å²) < 4.78 is 0. The minimum Gasteiger partial charge on any atom is -0.305 e. The van der Waals surface area contributed by atoms with Crippen molar-refractivity contribution >= 4 is 6.72 Å². The van der Waals surface area contributed by atoms with Crippen LogP contribution in [0.4, 0.5) is 0 Å². The standard InChI is InChI=1S/C8H14N2/c1-5-8(6-9-2)7-10(3)4/h5-6H,1-2,7H2,3-4H3/b8-6+. The molecule has 0 amide bonds. The third-order valence-electron chi connectivity index (χ3n) is 1.02. The van der Waals surface area contributed by atoms with Crippen LogP contribution in [0.15, 0.2) is 29.4 Å². The molecule has 0 bridgehead atoms. The van der Waals surface area contributed by atoms with Crippen molar-refractivity contribution in [1.29, 1.82) is 0 Å². The minimum atomic E-state index is 0.864. The first-order valence-corrected chi connectivity index (χ1v) is 3.12. The highest BCUT2D eigenvalue weighted by molar-refractivity contribution is 5.28. The Labute approximate surface area is 62.6 Å². The first-order valence-electron chi connectivity index (χ1n) is 3.12. The molecule has 0 aromatic rings. The van der Waals surface area contributed by atoms with E-state index in [1.54, 1.807) is 12.3 Å². The second-order valence-electron chi connectivity index (χ2n) is 2.33. The zero-order chi connectivity index (χ0) is 7.98. The monoisotopic (exact) mass is 138 g/mol. The van der Waals surface area contributed by atoms with Gasteiger partial charge in [0.15, 0.2) is 0 Å². The maximum absolute atomic E-state index is 3.65. The summed E-state index contributed by atoms with van der Waals surface area (Å²) in [6, 6.07) is 0. The van der Waals surface area contributed by atoms with E-state index in [0.717, 1.165) is 12.1 Å². The maximum atomic E-state index is 3.65. The Balaban J connectivity index is 3.95. The second-order valence-corrected chi connectivity index (χ2v) is 2.33. The average molecular weight is 138 g/mol. The molecule has 10 heavy (non-hydrogen) atoms. The van der Waals surface area contributed by atoms with Crippen LogP contribution in [0, 0.1) is 0 Å². The summed E-state index contributed by atoms with van der Waals surface area (Å²) in [5, 5.41) is 0. The third-order valence-corrected chi connectivity index (χ3v) is 1.02. The van der Waals surface area contributed by atoms with E-state index in [4.69, 9.17) is 0 Å². The lowest BCUT2D eigenvalue weighted by Gasteiger charge is -2.08. The Bertz CT molecular complexity index is 145.